The number of aliphatic imine (C=N–C) groups is 2. The number of rotatable bonds is 3. The van der Waals surface area contributed by atoms with Gasteiger partial charge in [0.1, 0.15) is 5.54 Å². The van der Waals surface area contributed by atoms with Crippen molar-refractivity contribution in [2.24, 2.45) is 15.8 Å². The van der Waals surface area contributed by atoms with Crippen molar-refractivity contribution < 1.29 is 14.3 Å². The number of carbonyl (C=O) groups excluding carboxylic acids is 1. The summed E-state index contributed by atoms with van der Waals surface area (Å²) < 4.78 is 9.96. The molecular formula is C13H17ClN4O3. The second-order valence-electron chi connectivity index (χ2n) is 4.92. The maximum Gasteiger partial charge on any atom is 0.334 e. The quantitative estimate of drug-likeness (QED) is 0.453. The molecule has 0 radical (unpaired) electrons. The maximum atomic E-state index is 12.0. The summed E-state index contributed by atoms with van der Waals surface area (Å²) in [6.45, 7) is 2.13. The number of nitrogens with zero attached hydrogens (tertiary/aromatic N) is 2. The fraction of sp³-hybridized carbons (Fsp3) is 0.462. The van der Waals surface area contributed by atoms with Crippen LogP contribution in [0.15, 0.2) is 32.9 Å². The summed E-state index contributed by atoms with van der Waals surface area (Å²) in [5.74, 6) is 5.25. The first kappa shape index (κ1) is 15.7. The molecular weight excluding hydrogens is 296 g/mol. The number of nitrogens with one attached hydrogen (secondary N) is 1. The second kappa shape index (κ2) is 5.97. The molecule has 0 unspecified atom stereocenters. The van der Waals surface area contributed by atoms with Gasteiger partial charge in [-0.3, -0.25) is 4.99 Å². The molecule has 0 spiro atoms. The molecule has 1 heterocycles. The summed E-state index contributed by atoms with van der Waals surface area (Å²) in [5.41, 5.74) is 3.57. The van der Waals surface area contributed by atoms with Crippen LogP contribution in [0.2, 0.25) is 0 Å². The van der Waals surface area contributed by atoms with Crippen LogP contribution >= 0.6 is 11.6 Å². The first-order chi connectivity index (χ1) is 9.95. The number of methoxy groups -OCH3 is 2. The van der Waals surface area contributed by atoms with Crippen molar-refractivity contribution in [1.29, 1.82) is 0 Å². The highest BCUT2D eigenvalue weighted by Gasteiger charge is 2.40. The smallest absolute Gasteiger partial charge is 0.334 e. The van der Waals surface area contributed by atoms with Crippen molar-refractivity contribution in [2.75, 3.05) is 20.8 Å². The van der Waals surface area contributed by atoms with E-state index >= 15 is 0 Å². The second-order valence-corrected chi connectivity index (χ2v) is 5.27. The number of esters is 1. The molecule has 114 valence electrons. The highest BCUT2D eigenvalue weighted by molar-refractivity contribution is 6.83. The van der Waals surface area contributed by atoms with Gasteiger partial charge in [-0.1, -0.05) is 11.6 Å². The Hall–Kier alpha value is -1.70. The zero-order valence-electron chi connectivity index (χ0n) is 12.1. The lowest BCUT2D eigenvalue weighted by atomic mass is 9.82. The van der Waals surface area contributed by atoms with E-state index in [1.54, 1.807) is 13.2 Å². The Balaban J connectivity index is 2.52. The number of hydrogen-bond donors (Lipinski definition) is 2. The molecule has 1 aliphatic carbocycles. The number of hydrogen-bond acceptors (Lipinski definition) is 7. The van der Waals surface area contributed by atoms with Crippen molar-refractivity contribution in [3.63, 3.8) is 0 Å². The molecule has 0 aromatic heterocycles. The number of halogens is 1. The Morgan fingerprint density at radius 1 is 1.57 bits per heavy atom. The van der Waals surface area contributed by atoms with Crippen molar-refractivity contribution in [3.8, 4) is 0 Å². The topological polar surface area (TPSA) is 98.3 Å². The fourth-order valence-electron chi connectivity index (χ4n) is 2.34. The average molecular weight is 313 g/mol. The molecule has 21 heavy (non-hydrogen) atoms. The van der Waals surface area contributed by atoms with E-state index < -0.39 is 11.5 Å². The predicted octanol–water partition coefficient (Wildman–Crippen LogP) is 0.661. The van der Waals surface area contributed by atoms with Gasteiger partial charge in [0.05, 0.1) is 19.4 Å². The van der Waals surface area contributed by atoms with Crippen LogP contribution in [0.25, 0.3) is 0 Å². The van der Waals surface area contributed by atoms with Crippen LogP contribution in [-0.4, -0.2) is 43.3 Å². The first-order valence-corrected chi connectivity index (χ1v) is 6.65. The van der Waals surface area contributed by atoms with Gasteiger partial charge in [-0.2, -0.15) is 0 Å². The number of ether oxygens (including phenoxy) is 2. The van der Waals surface area contributed by atoms with E-state index in [-0.39, 0.29) is 11.8 Å². The molecule has 7 nitrogen and oxygen atoms in total. The Morgan fingerprint density at radius 2 is 2.29 bits per heavy atom. The van der Waals surface area contributed by atoms with Crippen molar-refractivity contribution >= 4 is 28.6 Å². The van der Waals surface area contributed by atoms with Crippen LogP contribution in [0.4, 0.5) is 0 Å². The molecule has 0 saturated carbocycles. The number of amidine groups is 1. The molecule has 2 rings (SSSR count). The lowest BCUT2D eigenvalue weighted by Gasteiger charge is -2.34. The van der Waals surface area contributed by atoms with Crippen LogP contribution in [0.1, 0.15) is 13.3 Å². The highest BCUT2D eigenvalue weighted by atomic mass is 35.5. The zero-order chi connectivity index (χ0) is 15.6. The minimum atomic E-state index is -0.724. The van der Waals surface area contributed by atoms with Gasteiger partial charge < -0.3 is 14.9 Å². The van der Waals surface area contributed by atoms with Crippen LogP contribution in [-0.2, 0) is 14.3 Å². The summed E-state index contributed by atoms with van der Waals surface area (Å²) in [5, 5.41) is 0.177. The number of nitrogens with two attached hydrogens (primary N) is 1. The van der Waals surface area contributed by atoms with E-state index in [1.165, 1.54) is 7.11 Å². The SMILES string of the molecule is COCC1=C(C(=O)OC)C[C@]2(C)N=C(Cl)C(NN)=NC2=C1. The highest BCUT2D eigenvalue weighted by Crippen LogP contribution is 2.39. The zero-order valence-corrected chi connectivity index (χ0v) is 12.8. The third-order valence-corrected chi connectivity index (χ3v) is 3.68. The number of hydrazine groups is 1. The normalized spacial score (nSPS) is 24.7. The first-order valence-electron chi connectivity index (χ1n) is 6.27. The number of fused-ring (bicyclic) bond motifs is 1. The minimum absolute atomic E-state index is 0.177. The minimum Gasteiger partial charge on any atom is -0.466 e. The summed E-state index contributed by atoms with van der Waals surface area (Å²) in [6.07, 6.45) is 2.10. The van der Waals surface area contributed by atoms with Gasteiger partial charge in [-0.05, 0) is 18.6 Å². The lowest BCUT2D eigenvalue weighted by molar-refractivity contribution is -0.136. The van der Waals surface area contributed by atoms with Gasteiger partial charge in [0.15, 0.2) is 11.0 Å². The summed E-state index contributed by atoms with van der Waals surface area (Å²) in [7, 11) is 2.90. The Bertz CT molecular complexity index is 594. The summed E-state index contributed by atoms with van der Waals surface area (Å²) in [4.78, 5) is 20.7. The largest absolute Gasteiger partial charge is 0.466 e. The van der Waals surface area contributed by atoms with Crippen LogP contribution < -0.4 is 11.3 Å². The fourth-order valence-corrected chi connectivity index (χ4v) is 2.63. The van der Waals surface area contributed by atoms with Gasteiger partial charge in [0, 0.05) is 19.1 Å². The van der Waals surface area contributed by atoms with Crippen molar-refractivity contribution in [2.45, 2.75) is 18.9 Å². The molecule has 3 N–H and O–H groups in total. The van der Waals surface area contributed by atoms with Gasteiger partial charge >= 0.3 is 5.97 Å². The van der Waals surface area contributed by atoms with E-state index in [0.717, 1.165) is 0 Å². The molecule has 1 aliphatic heterocycles. The van der Waals surface area contributed by atoms with Crippen LogP contribution in [0.5, 0.6) is 0 Å². The van der Waals surface area contributed by atoms with Gasteiger partial charge in [-0.25, -0.2) is 15.6 Å². The Kier molecular flexibility index (Phi) is 4.46. The molecule has 0 amide bonds. The third kappa shape index (κ3) is 2.85. The standard InChI is InChI=1S/C13H17ClN4O3/c1-13-5-8(12(19)21-3)7(6-20-2)4-9(13)16-11(18-15)10(14)17-13/h4H,5-6,15H2,1-3H3,(H,16,18)/t13-/m0/s1. The monoisotopic (exact) mass is 312 g/mol. The van der Waals surface area contributed by atoms with Crippen LogP contribution in [0.3, 0.4) is 0 Å². The average Bonchev–Trinajstić information content (AvgIpc) is 2.46. The molecule has 0 aromatic carbocycles. The van der Waals surface area contributed by atoms with E-state index in [4.69, 9.17) is 26.9 Å². The molecule has 0 aromatic rings. The van der Waals surface area contributed by atoms with Crippen molar-refractivity contribution in [3.05, 3.63) is 22.9 Å². The summed E-state index contributed by atoms with van der Waals surface area (Å²) >= 11 is 6.04. The molecule has 0 saturated heterocycles. The third-order valence-electron chi connectivity index (χ3n) is 3.41. The van der Waals surface area contributed by atoms with E-state index in [9.17, 15) is 4.79 Å². The van der Waals surface area contributed by atoms with E-state index in [0.29, 0.717) is 29.1 Å². The predicted molar refractivity (Wildman–Crippen MR) is 80.1 cm³/mol. The van der Waals surface area contributed by atoms with E-state index in [1.807, 2.05) is 6.92 Å². The number of carbonyl (C=O) groups is 1. The molecule has 0 fully saturated rings. The summed E-state index contributed by atoms with van der Waals surface area (Å²) in [6, 6.07) is 0. The Morgan fingerprint density at radius 3 is 2.86 bits per heavy atom. The van der Waals surface area contributed by atoms with Crippen LogP contribution in [0, 0.1) is 0 Å². The maximum absolute atomic E-state index is 12.0. The molecule has 1 atom stereocenters. The molecule has 8 heteroatoms. The Labute approximate surface area is 127 Å². The van der Waals surface area contributed by atoms with Gasteiger partial charge in [0.25, 0.3) is 0 Å². The molecule has 2 aliphatic rings. The van der Waals surface area contributed by atoms with Crippen molar-refractivity contribution in [1.82, 2.24) is 5.43 Å². The van der Waals surface area contributed by atoms with Gasteiger partial charge in [-0.15, -0.1) is 0 Å². The van der Waals surface area contributed by atoms with Gasteiger partial charge in [0.2, 0.25) is 0 Å². The lowest BCUT2D eigenvalue weighted by Crippen LogP contribution is -2.42. The van der Waals surface area contributed by atoms with E-state index in [2.05, 4.69) is 15.4 Å². The molecule has 0 bridgehead atoms.